The fourth-order valence-electron chi connectivity index (χ4n) is 5.99. The predicted octanol–water partition coefficient (Wildman–Crippen LogP) is 4.99. The van der Waals surface area contributed by atoms with E-state index in [2.05, 4.69) is 55.3 Å². The van der Waals surface area contributed by atoms with Crippen LogP contribution in [-0.2, 0) is 9.59 Å². The minimum atomic E-state index is -0.184. The number of piperidine rings is 1. The van der Waals surface area contributed by atoms with Gasteiger partial charge in [0.15, 0.2) is 0 Å². The van der Waals surface area contributed by atoms with E-state index in [1.807, 2.05) is 6.92 Å². The zero-order valence-electron chi connectivity index (χ0n) is 19.2. The van der Waals surface area contributed by atoms with Gasteiger partial charge in [-0.25, -0.2) is 0 Å². The van der Waals surface area contributed by atoms with Crippen molar-refractivity contribution in [2.24, 2.45) is 11.3 Å². The molecule has 1 aliphatic heterocycles. The maximum Gasteiger partial charge on any atom is 0.225 e. The summed E-state index contributed by atoms with van der Waals surface area (Å²) < 4.78 is 0. The average Bonchev–Trinajstić information content (AvgIpc) is 2.69. The minimum absolute atomic E-state index is 0.0850. The third kappa shape index (κ3) is 4.15. The van der Waals surface area contributed by atoms with Crippen LogP contribution in [-0.4, -0.2) is 35.3 Å². The topological polar surface area (TPSA) is 49.4 Å². The van der Waals surface area contributed by atoms with E-state index < -0.39 is 0 Å². The lowest BCUT2D eigenvalue weighted by molar-refractivity contribution is -0.146. The molecular formula is C26H38N2O2. The Morgan fingerprint density at radius 3 is 2.40 bits per heavy atom. The first-order valence-electron chi connectivity index (χ1n) is 11.9. The molecule has 3 aliphatic rings. The molecule has 0 bridgehead atoms. The maximum absolute atomic E-state index is 12.9. The van der Waals surface area contributed by atoms with E-state index in [4.69, 9.17) is 0 Å². The Morgan fingerprint density at radius 2 is 1.80 bits per heavy atom. The number of benzene rings is 1. The molecule has 4 rings (SSSR count). The first kappa shape index (κ1) is 21.4. The van der Waals surface area contributed by atoms with Gasteiger partial charge in [0.05, 0.1) is 0 Å². The summed E-state index contributed by atoms with van der Waals surface area (Å²) in [7, 11) is 0. The van der Waals surface area contributed by atoms with Gasteiger partial charge < -0.3 is 10.2 Å². The van der Waals surface area contributed by atoms with Crippen molar-refractivity contribution >= 4 is 11.8 Å². The van der Waals surface area contributed by atoms with Gasteiger partial charge in [0.2, 0.25) is 11.8 Å². The summed E-state index contributed by atoms with van der Waals surface area (Å²) in [5, 5.41) is 3.08. The van der Waals surface area contributed by atoms with Crippen LogP contribution < -0.4 is 5.32 Å². The third-order valence-corrected chi connectivity index (χ3v) is 8.05. The van der Waals surface area contributed by atoms with Crippen LogP contribution in [0.4, 0.5) is 0 Å². The summed E-state index contributed by atoms with van der Waals surface area (Å²) in [6, 6.07) is 9.16. The predicted molar refractivity (Wildman–Crippen MR) is 120 cm³/mol. The summed E-state index contributed by atoms with van der Waals surface area (Å²) in [5.41, 5.74) is 3.22. The van der Waals surface area contributed by atoms with Crippen molar-refractivity contribution in [1.29, 1.82) is 0 Å². The molecule has 0 aromatic heterocycles. The number of rotatable bonds is 5. The number of hydrogen-bond donors (Lipinski definition) is 1. The SMILES string of the molecule is CCC(=O)N[C@]1(C)C[C@H](C(=O)N2CCC3(CC2)CC(c2cccc(C(C)C)c2)C3)C1. The normalized spacial score (nSPS) is 28.2. The van der Waals surface area contributed by atoms with Crippen molar-refractivity contribution in [3.63, 3.8) is 0 Å². The van der Waals surface area contributed by atoms with Crippen LogP contribution in [0.2, 0.25) is 0 Å². The number of carbonyl (C=O) groups is 2. The summed E-state index contributed by atoms with van der Waals surface area (Å²) in [4.78, 5) is 26.7. The molecule has 1 heterocycles. The smallest absolute Gasteiger partial charge is 0.225 e. The summed E-state index contributed by atoms with van der Waals surface area (Å²) >= 11 is 0. The standard InChI is InChI=1S/C26H38N2O2/c1-5-23(29)27-25(4)14-22(15-25)24(30)28-11-9-26(10-12-28)16-21(17-26)20-8-6-7-19(13-20)18(2)3/h6-8,13,18,21-22H,5,9-12,14-17H2,1-4H3,(H,27,29)/t22-,25+. The molecule has 1 N–H and O–H groups in total. The van der Waals surface area contributed by atoms with Crippen molar-refractivity contribution in [2.75, 3.05) is 13.1 Å². The lowest BCUT2D eigenvalue weighted by Crippen LogP contribution is -2.59. The molecule has 4 heteroatoms. The minimum Gasteiger partial charge on any atom is -0.351 e. The maximum atomic E-state index is 12.9. The van der Waals surface area contributed by atoms with Crippen LogP contribution in [0.1, 0.15) is 95.6 Å². The summed E-state index contributed by atoms with van der Waals surface area (Å²) in [5.74, 6) is 1.77. The second-order valence-electron chi connectivity index (χ2n) is 10.8. The number of hydrogen-bond acceptors (Lipinski definition) is 2. The molecule has 1 aromatic rings. The van der Waals surface area contributed by atoms with Gasteiger partial charge in [0.1, 0.15) is 0 Å². The molecule has 2 amide bonds. The van der Waals surface area contributed by atoms with Crippen molar-refractivity contribution in [3.05, 3.63) is 35.4 Å². The second-order valence-corrected chi connectivity index (χ2v) is 10.8. The van der Waals surface area contributed by atoms with Gasteiger partial charge in [-0.3, -0.25) is 9.59 Å². The van der Waals surface area contributed by atoms with E-state index in [9.17, 15) is 9.59 Å². The highest BCUT2D eigenvalue weighted by atomic mass is 16.2. The fraction of sp³-hybridized carbons (Fsp3) is 0.692. The van der Waals surface area contributed by atoms with Crippen LogP contribution in [0.25, 0.3) is 0 Å². The van der Waals surface area contributed by atoms with Crippen LogP contribution in [0, 0.1) is 11.3 Å². The molecule has 2 aliphatic carbocycles. The van der Waals surface area contributed by atoms with Crippen LogP contribution in [0.5, 0.6) is 0 Å². The van der Waals surface area contributed by atoms with Gasteiger partial charge in [-0.05, 0) is 73.8 Å². The second kappa shape index (κ2) is 8.01. The molecule has 2 saturated carbocycles. The zero-order valence-corrected chi connectivity index (χ0v) is 19.2. The summed E-state index contributed by atoms with van der Waals surface area (Å²) in [6.45, 7) is 10.3. The molecule has 0 atom stereocenters. The van der Waals surface area contributed by atoms with E-state index in [0.717, 1.165) is 38.8 Å². The lowest BCUT2D eigenvalue weighted by Gasteiger charge is -2.54. The number of carbonyl (C=O) groups excluding carboxylic acids is 2. The molecule has 0 radical (unpaired) electrons. The van der Waals surface area contributed by atoms with Gasteiger partial charge in [-0.15, -0.1) is 0 Å². The molecule has 1 spiro atoms. The quantitative estimate of drug-likeness (QED) is 0.743. The van der Waals surface area contributed by atoms with Crippen molar-refractivity contribution < 1.29 is 9.59 Å². The van der Waals surface area contributed by atoms with Gasteiger partial charge in [-0.2, -0.15) is 0 Å². The fourth-order valence-corrected chi connectivity index (χ4v) is 5.99. The Hall–Kier alpha value is -1.84. The van der Waals surface area contributed by atoms with Crippen LogP contribution in [0.3, 0.4) is 0 Å². The molecule has 164 valence electrons. The molecule has 0 unspecified atom stereocenters. The van der Waals surface area contributed by atoms with Crippen LogP contribution >= 0.6 is 0 Å². The monoisotopic (exact) mass is 410 g/mol. The molecule has 1 aromatic carbocycles. The first-order valence-corrected chi connectivity index (χ1v) is 11.9. The molecule has 30 heavy (non-hydrogen) atoms. The largest absolute Gasteiger partial charge is 0.351 e. The van der Waals surface area contributed by atoms with E-state index >= 15 is 0 Å². The highest BCUT2D eigenvalue weighted by molar-refractivity contribution is 5.82. The molecule has 1 saturated heterocycles. The van der Waals surface area contributed by atoms with E-state index in [1.165, 1.54) is 24.0 Å². The van der Waals surface area contributed by atoms with E-state index in [0.29, 0.717) is 29.6 Å². The van der Waals surface area contributed by atoms with E-state index in [1.54, 1.807) is 0 Å². The number of likely N-dealkylation sites (tertiary alicyclic amines) is 1. The highest BCUT2D eigenvalue weighted by Gasteiger charge is 2.49. The summed E-state index contributed by atoms with van der Waals surface area (Å²) in [6.07, 6.45) is 6.93. The van der Waals surface area contributed by atoms with E-state index in [-0.39, 0.29) is 17.4 Å². The van der Waals surface area contributed by atoms with Crippen molar-refractivity contribution in [2.45, 2.75) is 90.0 Å². The third-order valence-electron chi connectivity index (χ3n) is 8.05. The van der Waals surface area contributed by atoms with Gasteiger partial charge in [0, 0.05) is 31.0 Å². The number of nitrogens with one attached hydrogen (secondary N) is 1. The first-order chi connectivity index (χ1) is 14.2. The Balaban J connectivity index is 1.25. The average molecular weight is 411 g/mol. The Morgan fingerprint density at radius 1 is 1.13 bits per heavy atom. The number of nitrogens with zero attached hydrogens (tertiary/aromatic N) is 1. The Labute approximate surface area is 181 Å². The molecule has 4 nitrogen and oxygen atoms in total. The molecular weight excluding hydrogens is 372 g/mol. The highest BCUT2D eigenvalue weighted by Crippen LogP contribution is 2.57. The lowest BCUT2D eigenvalue weighted by atomic mass is 9.56. The van der Waals surface area contributed by atoms with Crippen molar-refractivity contribution in [1.82, 2.24) is 10.2 Å². The van der Waals surface area contributed by atoms with Crippen LogP contribution in [0.15, 0.2) is 24.3 Å². The Kier molecular flexibility index (Phi) is 5.71. The molecule has 3 fully saturated rings. The van der Waals surface area contributed by atoms with Gasteiger partial charge in [0.25, 0.3) is 0 Å². The van der Waals surface area contributed by atoms with Gasteiger partial charge in [-0.1, -0.05) is 45.0 Å². The Bertz CT molecular complexity index is 793. The van der Waals surface area contributed by atoms with Gasteiger partial charge >= 0.3 is 0 Å². The van der Waals surface area contributed by atoms with Crippen molar-refractivity contribution in [3.8, 4) is 0 Å². The number of amides is 2. The zero-order chi connectivity index (χ0) is 21.5.